The maximum Gasteiger partial charge on any atom is 0.269 e. The third kappa shape index (κ3) is 4.74. The Kier molecular flexibility index (Phi) is 6.45. The second-order valence-corrected chi connectivity index (χ2v) is 7.82. The van der Waals surface area contributed by atoms with Crippen LogP contribution in [0.4, 0.5) is 5.69 Å². The molecule has 1 amide bonds. The highest BCUT2D eigenvalue weighted by Crippen LogP contribution is 2.25. The number of carbonyl (C=O) groups excluding carboxylic acids is 1. The summed E-state index contributed by atoms with van der Waals surface area (Å²) in [5.74, 6) is -0.573. The van der Waals surface area contributed by atoms with Crippen LogP contribution >= 0.6 is 0 Å². The second kappa shape index (κ2) is 8.37. The van der Waals surface area contributed by atoms with Gasteiger partial charge in [-0.25, -0.2) is 8.42 Å². The number of hydrogen-bond donors (Lipinski definition) is 2. The second-order valence-electron chi connectivity index (χ2n) is 5.89. The van der Waals surface area contributed by atoms with Crippen molar-refractivity contribution in [3.05, 3.63) is 34.4 Å². The van der Waals surface area contributed by atoms with Crippen molar-refractivity contribution >= 4 is 21.6 Å². The molecule has 1 aromatic carbocycles. The Morgan fingerprint density at radius 1 is 1.36 bits per heavy atom. The summed E-state index contributed by atoms with van der Waals surface area (Å²) >= 11 is 0. The normalized spacial score (nSPS) is 18.7. The molecule has 0 bridgehead atoms. The van der Waals surface area contributed by atoms with Crippen molar-refractivity contribution < 1.29 is 18.1 Å². The Bertz CT molecular complexity index is 720. The number of nitrogens with one attached hydrogen (secondary N) is 1. The molecule has 3 N–H and O–H groups in total. The van der Waals surface area contributed by atoms with Gasteiger partial charge in [0.25, 0.3) is 5.69 Å². The third-order valence-electron chi connectivity index (χ3n) is 4.12. The topological polar surface area (TPSA) is 136 Å². The maximum atomic E-state index is 12.7. The number of nitro benzene ring substituents is 1. The fourth-order valence-electron chi connectivity index (χ4n) is 2.72. The van der Waals surface area contributed by atoms with E-state index in [1.54, 1.807) is 0 Å². The lowest BCUT2D eigenvalue weighted by Crippen LogP contribution is -2.45. The predicted molar refractivity (Wildman–Crippen MR) is 91.3 cm³/mol. The molecule has 10 heteroatoms. The Labute approximate surface area is 146 Å². The zero-order chi connectivity index (χ0) is 18.4. The van der Waals surface area contributed by atoms with Crippen molar-refractivity contribution in [2.75, 3.05) is 26.2 Å². The fraction of sp³-hybridized carbons (Fsp3) is 0.533. The number of nitrogens with two attached hydrogens (primary N) is 1. The van der Waals surface area contributed by atoms with Gasteiger partial charge in [0.2, 0.25) is 15.9 Å². The highest BCUT2D eigenvalue weighted by Gasteiger charge is 2.33. The average Bonchev–Trinajstić information content (AvgIpc) is 2.62. The van der Waals surface area contributed by atoms with E-state index < -0.39 is 20.9 Å². The van der Waals surface area contributed by atoms with Gasteiger partial charge in [-0.3, -0.25) is 14.9 Å². The summed E-state index contributed by atoms with van der Waals surface area (Å²) in [6.45, 7) is 1.38. The van der Waals surface area contributed by atoms with E-state index in [9.17, 15) is 23.3 Å². The minimum Gasteiger partial charge on any atom is -0.356 e. The molecule has 9 nitrogen and oxygen atoms in total. The molecule has 1 aromatic rings. The van der Waals surface area contributed by atoms with E-state index in [0.717, 1.165) is 12.1 Å². The summed E-state index contributed by atoms with van der Waals surface area (Å²) in [5, 5.41) is 13.5. The van der Waals surface area contributed by atoms with Crippen molar-refractivity contribution in [2.45, 2.75) is 24.2 Å². The van der Waals surface area contributed by atoms with E-state index in [1.807, 2.05) is 0 Å². The summed E-state index contributed by atoms with van der Waals surface area (Å²) in [6, 6.07) is 4.76. The Morgan fingerprint density at radius 3 is 2.64 bits per heavy atom. The lowest BCUT2D eigenvalue weighted by atomic mass is 9.99. The first-order valence-corrected chi connectivity index (χ1v) is 9.52. The fourth-order valence-corrected chi connectivity index (χ4v) is 4.25. The molecule has 0 radical (unpaired) electrons. The van der Waals surface area contributed by atoms with Crippen molar-refractivity contribution in [1.82, 2.24) is 9.62 Å². The van der Waals surface area contributed by atoms with E-state index in [-0.39, 0.29) is 23.0 Å². The number of nitro groups is 1. The lowest BCUT2D eigenvalue weighted by Gasteiger charge is -2.31. The third-order valence-corrected chi connectivity index (χ3v) is 6.00. The molecule has 0 aromatic heterocycles. The van der Waals surface area contributed by atoms with Gasteiger partial charge in [0, 0.05) is 31.8 Å². The van der Waals surface area contributed by atoms with Crippen LogP contribution in [0, 0.1) is 16.0 Å². The van der Waals surface area contributed by atoms with Gasteiger partial charge in [-0.05, 0) is 37.9 Å². The number of hydrogen-bond acceptors (Lipinski definition) is 6. The zero-order valence-electron chi connectivity index (χ0n) is 13.8. The Balaban J connectivity index is 2.08. The molecule has 1 saturated heterocycles. The highest BCUT2D eigenvalue weighted by molar-refractivity contribution is 7.89. The van der Waals surface area contributed by atoms with E-state index in [2.05, 4.69) is 5.32 Å². The van der Waals surface area contributed by atoms with Crippen molar-refractivity contribution in [3.8, 4) is 0 Å². The van der Waals surface area contributed by atoms with E-state index in [4.69, 9.17) is 5.73 Å². The minimum atomic E-state index is -3.79. The van der Waals surface area contributed by atoms with E-state index in [1.165, 1.54) is 16.4 Å². The quantitative estimate of drug-likeness (QED) is 0.406. The summed E-state index contributed by atoms with van der Waals surface area (Å²) < 4.78 is 26.7. The molecule has 0 saturated carbocycles. The van der Waals surface area contributed by atoms with Gasteiger partial charge in [-0.1, -0.05) is 0 Å². The number of nitrogens with zero attached hydrogens (tertiary/aromatic N) is 2. The molecule has 1 unspecified atom stereocenters. The Morgan fingerprint density at radius 2 is 2.04 bits per heavy atom. The smallest absolute Gasteiger partial charge is 0.269 e. The van der Waals surface area contributed by atoms with Gasteiger partial charge in [-0.15, -0.1) is 0 Å². The molecular formula is C15H22N4O5S. The number of rotatable bonds is 7. The van der Waals surface area contributed by atoms with Crippen LogP contribution in [0.3, 0.4) is 0 Å². The molecule has 0 spiro atoms. The SMILES string of the molecule is NCCCNC(=O)C1CCCN(S(=O)(=O)c2ccc([N+](=O)[O-])cc2)C1. The number of piperidine rings is 1. The molecule has 1 aliphatic heterocycles. The summed E-state index contributed by atoms with van der Waals surface area (Å²) in [6.07, 6.45) is 1.88. The molecule has 0 aliphatic carbocycles. The summed E-state index contributed by atoms with van der Waals surface area (Å²) in [5.41, 5.74) is 5.21. The average molecular weight is 370 g/mol. The monoisotopic (exact) mass is 370 g/mol. The van der Waals surface area contributed by atoms with Gasteiger partial charge < -0.3 is 11.1 Å². The first-order chi connectivity index (χ1) is 11.9. The van der Waals surface area contributed by atoms with Gasteiger partial charge in [0.1, 0.15) is 0 Å². The number of carbonyl (C=O) groups is 1. The molecule has 1 aliphatic rings. The van der Waals surface area contributed by atoms with Gasteiger partial charge in [0.15, 0.2) is 0 Å². The van der Waals surface area contributed by atoms with Crippen molar-refractivity contribution in [2.24, 2.45) is 11.7 Å². The lowest BCUT2D eigenvalue weighted by molar-refractivity contribution is -0.384. The van der Waals surface area contributed by atoms with E-state index >= 15 is 0 Å². The molecular weight excluding hydrogens is 348 g/mol. The molecule has 2 rings (SSSR count). The molecule has 25 heavy (non-hydrogen) atoms. The molecule has 138 valence electrons. The van der Waals surface area contributed by atoms with Crippen LogP contribution in [0.25, 0.3) is 0 Å². The van der Waals surface area contributed by atoms with Crippen LogP contribution in [0.1, 0.15) is 19.3 Å². The van der Waals surface area contributed by atoms with Gasteiger partial charge in [-0.2, -0.15) is 4.31 Å². The minimum absolute atomic E-state index is 0.0118. The van der Waals surface area contributed by atoms with Crippen molar-refractivity contribution in [3.63, 3.8) is 0 Å². The van der Waals surface area contributed by atoms with Crippen LogP contribution in [0.5, 0.6) is 0 Å². The van der Waals surface area contributed by atoms with Crippen LogP contribution in [0.2, 0.25) is 0 Å². The highest BCUT2D eigenvalue weighted by atomic mass is 32.2. The van der Waals surface area contributed by atoms with Crippen LogP contribution in [-0.2, 0) is 14.8 Å². The molecule has 1 fully saturated rings. The standard InChI is InChI=1S/C15H22N4O5S/c16-8-2-9-17-15(20)12-3-1-10-18(11-12)25(23,24)14-6-4-13(5-7-14)19(21)22/h4-7,12H,1-3,8-11,16H2,(H,17,20). The molecule has 1 atom stereocenters. The van der Waals surface area contributed by atoms with Gasteiger partial charge >= 0.3 is 0 Å². The maximum absolute atomic E-state index is 12.7. The molecule has 1 heterocycles. The van der Waals surface area contributed by atoms with Crippen LogP contribution in [0.15, 0.2) is 29.2 Å². The number of non-ortho nitro benzene ring substituents is 1. The zero-order valence-corrected chi connectivity index (χ0v) is 14.6. The van der Waals surface area contributed by atoms with Crippen LogP contribution in [-0.4, -0.2) is 49.7 Å². The number of benzene rings is 1. The number of amides is 1. The van der Waals surface area contributed by atoms with Crippen molar-refractivity contribution in [1.29, 1.82) is 0 Å². The Hall–Kier alpha value is -2.04. The first kappa shape index (κ1) is 19.3. The number of sulfonamides is 1. The predicted octanol–water partition coefficient (Wildman–Crippen LogP) is 0.460. The summed E-state index contributed by atoms with van der Waals surface area (Å²) in [4.78, 5) is 22.2. The van der Waals surface area contributed by atoms with Crippen LogP contribution < -0.4 is 11.1 Å². The largest absolute Gasteiger partial charge is 0.356 e. The first-order valence-electron chi connectivity index (χ1n) is 8.08. The van der Waals surface area contributed by atoms with Gasteiger partial charge in [0.05, 0.1) is 15.7 Å². The summed E-state index contributed by atoms with van der Waals surface area (Å²) in [7, 11) is -3.79. The van der Waals surface area contributed by atoms with E-state index in [0.29, 0.717) is 38.9 Å².